The Morgan fingerprint density at radius 1 is 1.19 bits per heavy atom. The SMILES string of the molecule is Cc1cc2oc3c(c(=O)c2cc1C)C(c1cccnc1)N(CC(C)C)C3=O. The van der Waals surface area contributed by atoms with Crippen LogP contribution in [0.15, 0.2) is 45.9 Å². The second-order valence-corrected chi connectivity index (χ2v) is 7.65. The summed E-state index contributed by atoms with van der Waals surface area (Å²) >= 11 is 0. The minimum Gasteiger partial charge on any atom is -0.450 e. The summed E-state index contributed by atoms with van der Waals surface area (Å²) in [6.45, 7) is 8.57. The fourth-order valence-electron chi connectivity index (χ4n) is 3.74. The van der Waals surface area contributed by atoms with E-state index in [1.54, 1.807) is 17.3 Å². The molecule has 5 heteroatoms. The lowest BCUT2D eigenvalue weighted by atomic mass is 9.98. The average Bonchev–Trinajstić information content (AvgIpc) is 2.90. The van der Waals surface area contributed by atoms with Gasteiger partial charge in [-0.25, -0.2) is 0 Å². The molecule has 0 saturated heterocycles. The quantitative estimate of drug-likeness (QED) is 0.706. The topological polar surface area (TPSA) is 63.4 Å². The van der Waals surface area contributed by atoms with Gasteiger partial charge in [-0.05, 0) is 54.7 Å². The van der Waals surface area contributed by atoms with E-state index >= 15 is 0 Å². The van der Waals surface area contributed by atoms with Crippen LogP contribution in [-0.4, -0.2) is 22.3 Å². The first-order chi connectivity index (χ1) is 12.9. The number of pyridine rings is 1. The summed E-state index contributed by atoms with van der Waals surface area (Å²) < 4.78 is 5.99. The van der Waals surface area contributed by atoms with Crippen molar-refractivity contribution < 1.29 is 9.21 Å². The van der Waals surface area contributed by atoms with Gasteiger partial charge in [-0.3, -0.25) is 14.6 Å². The zero-order valence-corrected chi connectivity index (χ0v) is 15.9. The number of carbonyl (C=O) groups is 1. The van der Waals surface area contributed by atoms with Crippen LogP contribution >= 0.6 is 0 Å². The smallest absolute Gasteiger partial charge is 0.290 e. The zero-order valence-electron chi connectivity index (χ0n) is 15.9. The highest BCUT2D eigenvalue weighted by molar-refractivity contribution is 5.99. The van der Waals surface area contributed by atoms with E-state index in [1.165, 1.54) is 0 Å². The predicted molar refractivity (Wildman–Crippen MR) is 104 cm³/mol. The van der Waals surface area contributed by atoms with Gasteiger partial charge in [0.1, 0.15) is 5.58 Å². The maximum Gasteiger partial charge on any atom is 0.290 e. The summed E-state index contributed by atoms with van der Waals surface area (Å²) in [5.74, 6) is 0.187. The monoisotopic (exact) mass is 362 g/mol. The zero-order chi connectivity index (χ0) is 19.3. The van der Waals surface area contributed by atoms with Gasteiger partial charge in [0, 0.05) is 18.9 Å². The summed E-state index contributed by atoms with van der Waals surface area (Å²) in [7, 11) is 0. The van der Waals surface area contributed by atoms with Gasteiger partial charge in [0.05, 0.1) is 17.0 Å². The van der Waals surface area contributed by atoms with Crippen LogP contribution < -0.4 is 5.43 Å². The molecular weight excluding hydrogens is 340 g/mol. The Morgan fingerprint density at radius 2 is 1.93 bits per heavy atom. The molecule has 3 aromatic rings. The fraction of sp³-hybridized carbons (Fsp3) is 0.318. The normalized spacial score (nSPS) is 16.4. The number of amides is 1. The highest BCUT2D eigenvalue weighted by Crippen LogP contribution is 2.38. The highest BCUT2D eigenvalue weighted by atomic mass is 16.3. The molecule has 0 fully saturated rings. The number of benzene rings is 1. The van der Waals surface area contributed by atoms with E-state index in [-0.39, 0.29) is 23.0 Å². The number of rotatable bonds is 3. The van der Waals surface area contributed by atoms with Gasteiger partial charge in [-0.1, -0.05) is 19.9 Å². The Morgan fingerprint density at radius 3 is 2.59 bits per heavy atom. The van der Waals surface area contributed by atoms with Gasteiger partial charge >= 0.3 is 0 Å². The van der Waals surface area contributed by atoms with Crippen LogP contribution in [-0.2, 0) is 0 Å². The van der Waals surface area contributed by atoms with E-state index in [1.807, 2.05) is 38.1 Å². The molecule has 5 nitrogen and oxygen atoms in total. The van der Waals surface area contributed by atoms with Gasteiger partial charge < -0.3 is 9.32 Å². The van der Waals surface area contributed by atoms with Gasteiger partial charge in [0.2, 0.25) is 5.76 Å². The van der Waals surface area contributed by atoms with Crippen LogP contribution in [0.5, 0.6) is 0 Å². The third-order valence-corrected chi connectivity index (χ3v) is 5.14. The summed E-state index contributed by atoms with van der Waals surface area (Å²) in [6.07, 6.45) is 3.40. The van der Waals surface area contributed by atoms with E-state index < -0.39 is 6.04 Å². The first kappa shape index (κ1) is 17.5. The van der Waals surface area contributed by atoms with E-state index in [0.717, 1.165) is 16.7 Å². The maximum atomic E-state index is 13.4. The standard InChI is InChI=1S/C22H22N2O3/c1-12(2)11-24-19(15-6-5-7-23-10-15)18-20(25)16-8-13(3)14(4)9-17(16)27-21(18)22(24)26/h5-10,12,19H,11H2,1-4H3. The van der Waals surface area contributed by atoms with Crippen LogP contribution in [0.2, 0.25) is 0 Å². The third kappa shape index (κ3) is 2.74. The van der Waals surface area contributed by atoms with Gasteiger partial charge in [0.15, 0.2) is 5.43 Å². The maximum absolute atomic E-state index is 13.4. The molecule has 0 N–H and O–H groups in total. The van der Waals surface area contributed by atoms with E-state index in [0.29, 0.717) is 23.1 Å². The molecule has 138 valence electrons. The van der Waals surface area contributed by atoms with Crippen LogP contribution in [0.4, 0.5) is 0 Å². The average molecular weight is 362 g/mol. The molecule has 3 heterocycles. The molecule has 1 amide bonds. The van der Waals surface area contributed by atoms with Gasteiger partial charge in [0.25, 0.3) is 5.91 Å². The number of nitrogens with zero attached hydrogens (tertiary/aromatic N) is 2. The van der Waals surface area contributed by atoms with Crippen LogP contribution in [0.3, 0.4) is 0 Å². The largest absolute Gasteiger partial charge is 0.450 e. The Balaban J connectivity index is 2.02. The predicted octanol–water partition coefficient (Wildman–Crippen LogP) is 4.01. The van der Waals surface area contributed by atoms with Crippen molar-refractivity contribution >= 4 is 16.9 Å². The lowest BCUT2D eigenvalue weighted by molar-refractivity contribution is 0.0706. The van der Waals surface area contributed by atoms with E-state index in [4.69, 9.17) is 4.42 Å². The Kier molecular flexibility index (Phi) is 4.10. The molecule has 0 saturated carbocycles. The van der Waals surface area contributed by atoms with Crippen LogP contribution in [0.25, 0.3) is 11.0 Å². The minimum absolute atomic E-state index is 0.136. The molecule has 1 unspecified atom stereocenters. The Bertz CT molecular complexity index is 1100. The van der Waals surface area contributed by atoms with Crippen molar-refractivity contribution in [1.82, 2.24) is 9.88 Å². The molecular formula is C22H22N2O3. The molecule has 0 aliphatic carbocycles. The van der Waals surface area contributed by atoms with Crippen LogP contribution in [0.1, 0.15) is 52.7 Å². The molecule has 0 spiro atoms. The fourth-order valence-corrected chi connectivity index (χ4v) is 3.74. The number of aryl methyl sites for hydroxylation is 2. The van der Waals surface area contributed by atoms with Gasteiger partial charge in [-0.2, -0.15) is 0 Å². The first-order valence-electron chi connectivity index (χ1n) is 9.17. The molecule has 1 atom stereocenters. The minimum atomic E-state index is -0.467. The van der Waals surface area contributed by atoms with Crippen molar-refractivity contribution in [2.24, 2.45) is 5.92 Å². The summed E-state index contributed by atoms with van der Waals surface area (Å²) in [6, 6.07) is 6.95. The van der Waals surface area contributed by atoms with Crippen molar-refractivity contribution in [2.45, 2.75) is 33.7 Å². The molecule has 1 aromatic carbocycles. The van der Waals surface area contributed by atoms with Crippen LogP contribution in [0, 0.1) is 19.8 Å². The number of fused-ring (bicyclic) bond motifs is 2. The van der Waals surface area contributed by atoms with Crippen molar-refractivity contribution in [3.8, 4) is 0 Å². The lowest BCUT2D eigenvalue weighted by Crippen LogP contribution is -2.33. The summed E-state index contributed by atoms with van der Waals surface area (Å²) in [5, 5.41) is 0.518. The molecule has 1 aliphatic rings. The number of aromatic nitrogens is 1. The number of carbonyl (C=O) groups excluding carboxylic acids is 1. The molecule has 27 heavy (non-hydrogen) atoms. The second kappa shape index (κ2) is 6.34. The van der Waals surface area contributed by atoms with E-state index in [2.05, 4.69) is 18.8 Å². The lowest BCUT2D eigenvalue weighted by Gasteiger charge is -2.26. The van der Waals surface area contributed by atoms with Crippen molar-refractivity contribution in [3.05, 3.63) is 74.9 Å². The molecule has 2 aromatic heterocycles. The summed E-state index contributed by atoms with van der Waals surface area (Å²) in [5.41, 5.74) is 3.62. The van der Waals surface area contributed by atoms with E-state index in [9.17, 15) is 9.59 Å². The Hall–Kier alpha value is -2.95. The van der Waals surface area contributed by atoms with Gasteiger partial charge in [-0.15, -0.1) is 0 Å². The third-order valence-electron chi connectivity index (χ3n) is 5.14. The second-order valence-electron chi connectivity index (χ2n) is 7.65. The molecule has 4 rings (SSSR count). The molecule has 0 radical (unpaired) electrons. The first-order valence-corrected chi connectivity index (χ1v) is 9.17. The highest BCUT2D eigenvalue weighted by Gasteiger charge is 2.42. The van der Waals surface area contributed by atoms with Crippen molar-refractivity contribution in [2.75, 3.05) is 6.54 Å². The molecule has 0 bridgehead atoms. The van der Waals surface area contributed by atoms with Crippen molar-refractivity contribution in [3.63, 3.8) is 0 Å². The Labute approximate surface area is 157 Å². The number of hydrogen-bond donors (Lipinski definition) is 0. The molecule has 1 aliphatic heterocycles. The summed E-state index contributed by atoms with van der Waals surface area (Å²) in [4.78, 5) is 32.4. The van der Waals surface area contributed by atoms with Crippen molar-refractivity contribution in [1.29, 1.82) is 0 Å². The number of hydrogen-bond acceptors (Lipinski definition) is 4.